The maximum atomic E-state index is 13.1. The number of halogens is 2. The van der Waals surface area contributed by atoms with Crippen LogP contribution in [0.15, 0.2) is 18.2 Å². The molecule has 0 saturated carbocycles. The van der Waals surface area contributed by atoms with Crippen molar-refractivity contribution >= 4 is 11.8 Å². The van der Waals surface area contributed by atoms with Crippen LogP contribution in [-0.2, 0) is 9.59 Å². The molecule has 126 valence electrons. The molecule has 1 aliphatic heterocycles. The highest BCUT2D eigenvalue weighted by Gasteiger charge is 2.27. The van der Waals surface area contributed by atoms with Crippen LogP contribution in [-0.4, -0.2) is 35.9 Å². The third-order valence-corrected chi connectivity index (χ3v) is 3.97. The zero-order valence-electron chi connectivity index (χ0n) is 12.9. The number of rotatable bonds is 5. The van der Waals surface area contributed by atoms with E-state index in [4.69, 9.17) is 10.5 Å². The average molecular weight is 326 g/mol. The summed E-state index contributed by atoms with van der Waals surface area (Å²) in [5.41, 5.74) is 5.18. The van der Waals surface area contributed by atoms with Crippen LogP contribution in [0.25, 0.3) is 0 Å². The zero-order chi connectivity index (χ0) is 17.0. The maximum absolute atomic E-state index is 13.1. The van der Waals surface area contributed by atoms with E-state index in [1.54, 1.807) is 11.8 Å². The number of hydrogen-bond acceptors (Lipinski definition) is 3. The molecule has 0 radical (unpaired) electrons. The predicted molar refractivity (Wildman–Crippen MR) is 79.6 cm³/mol. The van der Waals surface area contributed by atoms with Crippen LogP contribution in [0.2, 0.25) is 0 Å². The minimum Gasteiger partial charge on any atom is -0.481 e. The van der Waals surface area contributed by atoms with Gasteiger partial charge in [0.1, 0.15) is 5.75 Å². The highest BCUT2D eigenvalue weighted by molar-refractivity contribution is 5.81. The van der Waals surface area contributed by atoms with Crippen molar-refractivity contribution in [1.82, 2.24) is 4.90 Å². The summed E-state index contributed by atoms with van der Waals surface area (Å²) in [4.78, 5) is 24.9. The second kappa shape index (κ2) is 7.39. The SMILES string of the molecule is C[C@H](Oc1ccc(F)c(F)c1)C(=O)N1CCC(CC(N)=O)CC1. The lowest BCUT2D eigenvalue weighted by Gasteiger charge is -2.33. The predicted octanol–water partition coefficient (Wildman–Crippen LogP) is 1.85. The summed E-state index contributed by atoms with van der Waals surface area (Å²) in [6.07, 6.45) is 0.967. The molecule has 0 spiro atoms. The molecule has 1 saturated heterocycles. The minimum absolute atomic E-state index is 0.105. The van der Waals surface area contributed by atoms with Gasteiger partial charge in [0.25, 0.3) is 5.91 Å². The van der Waals surface area contributed by atoms with Gasteiger partial charge in [0.2, 0.25) is 5.91 Å². The lowest BCUT2D eigenvalue weighted by atomic mass is 9.93. The quantitative estimate of drug-likeness (QED) is 0.897. The van der Waals surface area contributed by atoms with Gasteiger partial charge in [-0.05, 0) is 37.8 Å². The van der Waals surface area contributed by atoms with Crippen LogP contribution in [0.4, 0.5) is 8.78 Å². The number of likely N-dealkylation sites (tertiary alicyclic amines) is 1. The van der Waals surface area contributed by atoms with E-state index in [-0.39, 0.29) is 23.5 Å². The molecule has 2 rings (SSSR count). The molecule has 0 unspecified atom stereocenters. The minimum atomic E-state index is -1.02. The number of amides is 2. The van der Waals surface area contributed by atoms with Gasteiger partial charge < -0.3 is 15.4 Å². The lowest BCUT2D eigenvalue weighted by molar-refractivity contribution is -0.139. The molecule has 1 fully saturated rings. The molecule has 0 aromatic heterocycles. The third-order valence-electron chi connectivity index (χ3n) is 3.97. The number of benzene rings is 1. The Morgan fingerprint density at radius 3 is 2.52 bits per heavy atom. The number of carbonyl (C=O) groups is 2. The Morgan fingerprint density at radius 1 is 1.30 bits per heavy atom. The molecule has 2 N–H and O–H groups in total. The van der Waals surface area contributed by atoms with Crippen LogP contribution in [0, 0.1) is 17.6 Å². The van der Waals surface area contributed by atoms with E-state index in [1.807, 2.05) is 0 Å². The molecule has 0 aliphatic carbocycles. The van der Waals surface area contributed by atoms with Crippen LogP contribution in [0.5, 0.6) is 5.75 Å². The first-order valence-corrected chi connectivity index (χ1v) is 7.55. The Bertz CT molecular complexity index is 587. The molecular weight excluding hydrogens is 306 g/mol. The van der Waals surface area contributed by atoms with E-state index < -0.39 is 17.7 Å². The first-order valence-electron chi connectivity index (χ1n) is 7.55. The van der Waals surface area contributed by atoms with E-state index in [1.165, 1.54) is 6.07 Å². The van der Waals surface area contributed by atoms with Crippen LogP contribution >= 0.6 is 0 Å². The number of nitrogens with zero attached hydrogens (tertiary/aromatic N) is 1. The summed E-state index contributed by atoms with van der Waals surface area (Å²) in [5.74, 6) is -2.22. The number of ether oxygens (including phenoxy) is 1. The molecular formula is C16H20F2N2O3. The first kappa shape index (κ1) is 17.2. The van der Waals surface area contributed by atoms with Crippen molar-refractivity contribution < 1.29 is 23.1 Å². The summed E-state index contributed by atoms with van der Waals surface area (Å²) >= 11 is 0. The Balaban J connectivity index is 1.88. The van der Waals surface area contributed by atoms with E-state index in [9.17, 15) is 18.4 Å². The van der Waals surface area contributed by atoms with Gasteiger partial charge in [0.05, 0.1) is 0 Å². The number of primary amides is 1. The Kier molecular flexibility index (Phi) is 5.52. The van der Waals surface area contributed by atoms with Crippen molar-refractivity contribution in [2.45, 2.75) is 32.3 Å². The smallest absolute Gasteiger partial charge is 0.263 e. The first-order chi connectivity index (χ1) is 10.9. The van der Waals surface area contributed by atoms with Gasteiger partial charge in [-0.15, -0.1) is 0 Å². The molecule has 1 aromatic carbocycles. The van der Waals surface area contributed by atoms with Crippen LogP contribution in [0.3, 0.4) is 0 Å². The summed E-state index contributed by atoms with van der Waals surface area (Å²) in [7, 11) is 0. The van der Waals surface area contributed by atoms with Gasteiger partial charge in [-0.3, -0.25) is 9.59 Å². The average Bonchev–Trinajstić information content (AvgIpc) is 2.50. The molecule has 0 bridgehead atoms. The van der Waals surface area contributed by atoms with Crippen LogP contribution in [0.1, 0.15) is 26.2 Å². The summed E-state index contributed by atoms with van der Waals surface area (Å²) in [5, 5.41) is 0. The van der Waals surface area contributed by atoms with E-state index in [0.29, 0.717) is 32.4 Å². The molecule has 1 aromatic rings. The maximum Gasteiger partial charge on any atom is 0.263 e. The normalized spacial score (nSPS) is 16.9. The molecule has 7 heteroatoms. The molecule has 1 heterocycles. The monoisotopic (exact) mass is 326 g/mol. The fraction of sp³-hybridized carbons (Fsp3) is 0.500. The second-order valence-electron chi connectivity index (χ2n) is 5.78. The molecule has 1 aliphatic rings. The standard InChI is InChI=1S/C16H20F2N2O3/c1-10(23-12-2-3-13(17)14(18)9-12)16(22)20-6-4-11(5-7-20)8-15(19)21/h2-3,9-11H,4-8H2,1H3,(H2,19,21)/t10-/m0/s1. The van der Waals surface area contributed by atoms with Crippen molar-refractivity contribution in [2.75, 3.05) is 13.1 Å². The van der Waals surface area contributed by atoms with Gasteiger partial charge in [0.15, 0.2) is 17.7 Å². The van der Waals surface area contributed by atoms with Gasteiger partial charge in [-0.1, -0.05) is 0 Å². The van der Waals surface area contributed by atoms with E-state index in [2.05, 4.69) is 0 Å². The van der Waals surface area contributed by atoms with Crippen LogP contribution < -0.4 is 10.5 Å². The van der Waals surface area contributed by atoms with Gasteiger partial charge in [-0.25, -0.2) is 8.78 Å². The van der Waals surface area contributed by atoms with E-state index in [0.717, 1.165) is 12.1 Å². The van der Waals surface area contributed by atoms with Crippen molar-refractivity contribution in [3.63, 3.8) is 0 Å². The number of hydrogen-bond donors (Lipinski definition) is 1. The summed E-state index contributed by atoms with van der Waals surface area (Å²) in [6, 6.07) is 3.15. The molecule has 1 atom stereocenters. The largest absolute Gasteiger partial charge is 0.481 e. The molecule has 23 heavy (non-hydrogen) atoms. The van der Waals surface area contributed by atoms with Crippen molar-refractivity contribution in [3.8, 4) is 5.75 Å². The molecule has 5 nitrogen and oxygen atoms in total. The van der Waals surface area contributed by atoms with Gasteiger partial charge in [0, 0.05) is 25.6 Å². The lowest BCUT2D eigenvalue weighted by Crippen LogP contribution is -2.45. The topological polar surface area (TPSA) is 72.6 Å². The Labute approximate surface area is 133 Å². The number of piperidine rings is 1. The van der Waals surface area contributed by atoms with Crippen molar-refractivity contribution in [2.24, 2.45) is 11.7 Å². The Hall–Kier alpha value is -2.18. The zero-order valence-corrected chi connectivity index (χ0v) is 12.9. The number of nitrogens with two attached hydrogens (primary N) is 1. The molecule has 2 amide bonds. The summed E-state index contributed by atoms with van der Waals surface area (Å²) in [6.45, 7) is 2.63. The Morgan fingerprint density at radius 2 is 1.96 bits per heavy atom. The van der Waals surface area contributed by atoms with Gasteiger partial charge in [-0.2, -0.15) is 0 Å². The van der Waals surface area contributed by atoms with Gasteiger partial charge >= 0.3 is 0 Å². The highest BCUT2D eigenvalue weighted by Crippen LogP contribution is 2.22. The van der Waals surface area contributed by atoms with Crippen molar-refractivity contribution in [1.29, 1.82) is 0 Å². The highest BCUT2D eigenvalue weighted by atomic mass is 19.2. The summed E-state index contributed by atoms with van der Waals surface area (Å²) < 4.78 is 31.4. The fourth-order valence-electron chi connectivity index (χ4n) is 2.70. The third kappa shape index (κ3) is 4.64. The fourth-order valence-corrected chi connectivity index (χ4v) is 2.70. The second-order valence-corrected chi connectivity index (χ2v) is 5.78. The van der Waals surface area contributed by atoms with Crippen molar-refractivity contribution in [3.05, 3.63) is 29.8 Å². The van der Waals surface area contributed by atoms with E-state index >= 15 is 0 Å². The number of carbonyl (C=O) groups excluding carboxylic acids is 2.